The van der Waals surface area contributed by atoms with Gasteiger partial charge in [0.15, 0.2) is 0 Å². The second-order valence-corrected chi connectivity index (χ2v) is 5.45. The first-order valence-corrected chi connectivity index (χ1v) is 6.48. The Morgan fingerprint density at radius 1 is 0.955 bits per heavy atom. The third-order valence-corrected chi connectivity index (χ3v) is 3.95. The normalized spacial score (nSPS) is 30.5. The van der Waals surface area contributed by atoms with E-state index in [1.54, 1.807) is 13.8 Å². The lowest BCUT2D eigenvalue weighted by molar-refractivity contribution is -0.338. The van der Waals surface area contributed by atoms with Crippen LogP contribution in [0.15, 0.2) is 0 Å². The molecule has 3 nitrogen and oxygen atoms in total. The molecule has 1 saturated heterocycles. The number of halogens is 7. The number of hydrogen-bond donors (Lipinski definition) is 1. The molecule has 1 N–H and O–H groups in total. The molecule has 0 aromatic heterocycles. The highest BCUT2D eigenvalue weighted by Crippen LogP contribution is 2.45. The van der Waals surface area contributed by atoms with Gasteiger partial charge in [-0.15, -0.1) is 0 Å². The van der Waals surface area contributed by atoms with E-state index in [1.165, 1.54) is 12.2 Å². The molecule has 1 heterocycles. The van der Waals surface area contributed by atoms with Crippen LogP contribution in [-0.2, 0) is 9.53 Å². The fourth-order valence-electron chi connectivity index (χ4n) is 2.41. The molecule has 22 heavy (non-hydrogen) atoms. The highest BCUT2D eigenvalue weighted by Gasteiger charge is 2.72. The van der Waals surface area contributed by atoms with Crippen LogP contribution in [0, 0.1) is 11.8 Å². The Kier molecular flexibility index (Phi) is 5.06. The van der Waals surface area contributed by atoms with Crippen molar-refractivity contribution in [3.63, 3.8) is 0 Å². The van der Waals surface area contributed by atoms with Crippen LogP contribution in [-0.4, -0.2) is 42.7 Å². The van der Waals surface area contributed by atoms with Crippen LogP contribution >= 0.6 is 0 Å². The van der Waals surface area contributed by atoms with Crippen LogP contribution < -0.4 is 5.32 Å². The van der Waals surface area contributed by atoms with Crippen LogP contribution in [0.3, 0.4) is 0 Å². The lowest BCUT2D eigenvalue weighted by Gasteiger charge is -2.30. The maximum absolute atomic E-state index is 13.4. The van der Waals surface area contributed by atoms with Crippen LogP contribution in [0.2, 0.25) is 0 Å². The largest absolute Gasteiger partial charge is 0.433 e. The average Bonchev–Trinajstić information content (AvgIpc) is 2.57. The molecule has 4 unspecified atom stereocenters. The molecule has 1 aliphatic rings. The van der Waals surface area contributed by atoms with Gasteiger partial charge in [0.05, 0.1) is 24.7 Å². The van der Waals surface area contributed by atoms with Gasteiger partial charge in [-0.05, 0) is 19.8 Å². The van der Waals surface area contributed by atoms with Gasteiger partial charge in [0.25, 0.3) is 0 Å². The number of nitrogens with one attached hydrogen (secondary N) is 1. The first kappa shape index (κ1) is 19.0. The van der Waals surface area contributed by atoms with E-state index in [-0.39, 0.29) is 6.10 Å². The maximum atomic E-state index is 13.4. The molecule has 0 spiro atoms. The number of carbonyl (C=O) groups excluding carboxylic acids is 1. The lowest BCUT2D eigenvalue weighted by atomic mass is 9.88. The van der Waals surface area contributed by atoms with Crippen LogP contribution in [0.25, 0.3) is 0 Å². The van der Waals surface area contributed by atoms with E-state index in [4.69, 9.17) is 4.74 Å². The van der Waals surface area contributed by atoms with E-state index in [1.807, 2.05) is 0 Å². The van der Waals surface area contributed by atoms with Gasteiger partial charge in [0, 0.05) is 0 Å². The van der Waals surface area contributed by atoms with Gasteiger partial charge in [0.2, 0.25) is 5.91 Å². The predicted molar refractivity (Wildman–Crippen MR) is 61.6 cm³/mol. The van der Waals surface area contributed by atoms with Crippen molar-refractivity contribution in [3.05, 3.63) is 0 Å². The summed E-state index contributed by atoms with van der Waals surface area (Å²) in [6, 6.07) is 0. The van der Waals surface area contributed by atoms with Crippen molar-refractivity contribution in [3.8, 4) is 0 Å². The third kappa shape index (κ3) is 3.31. The molecule has 0 aliphatic carbocycles. The van der Waals surface area contributed by atoms with Gasteiger partial charge < -0.3 is 10.1 Å². The van der Waals surface area contributed by atoms with Crippen LogP contribution in [0.4, 0.5) is 30.7 Å². The molecule has 0 bridgehead atoms. The summed E-state index contributed by atoms with van der Waals surface area (Å²) in [7, 11) is 0. The number of hydrogen-bond acceptors (Lipinski definition) is 2. The van der Waals surface area contributed by atoms with Crippen molar-refractivity contribution in [2.45, 2.75) is 51.0 Å². The molecular weight excluding hydrogens is 323 g/mol. The summed E-state index contributed by atoms with van der Waals surface area (Å²) in [4.78, 5) is 11.8. The minimum absolute atomic E-state index is 0.383. The molecule has 4 atom stereocenters. The summed E-state index contributed by atoms with van der Waals surface area (Å²) in [6.45, 7) is 2.46. The summed E-state index contributed by atoms with van der Waals surface area (Å²) in [5, 5.41) is 1.43. The number of alkyl halides is 7. The summed E-state index contributed by atoms with van der Waals surface area (Å²) >= 11 is 0. The first-order valence-electron chi connectivity index (χ1n) is 6.48. The summed E-state index contributed by atoms with van der Waals surface area (Å²) in [5.74, 6) is -2.46. The highest BCUT2D eigenvalue weighted by molar-refractivity contribution is 5.80. The van der Waals surface area contributed by atoms with Crippen molar-refractivity contribution in [1.29, 1.82) is 0 Å². The second-order valence-electron chi connectivity index (χ2n) is 5.45. The Balaban J connectivity index is 2.85. The Morgan fingerprint density at radius 2 is 1.41 bits per heavy atom. The molecule has 1 aliphatic heterocycles. The zero-order valence-electron chi connectivity index (χ0n) is 12.0. The lowest BCUT2D eigenvalue weighted by Crippen LogP contribution is -2.60. The topological polar surface area (TPSA) is 38.3 Å². The van der Waals surface area contributed by atoms with Gasteiger partial charge in [-0.1, -0.05) is 6.92 Å². The Labute approximate surface area is 122 Å². The zero-order chi connectivity index (χ0) is 17.5. The standard InChI is InChI=1S/C12H16F7NO2/c1-5-6(2)22-7(3)8(5)9(21)20-4-10(13,11(14,15)16)12(17,18)19/h5-8H,4H2,1-3H3,(H,20,21). The van der Waals surface area contributed by atoms with Gasteiger partial charge in [0.1, 0.15) is 0 Å². The van der Waals surface area contributed by atoms with Crippen molar-refractivity contribution >= 4 is 5.91 Å². The number of rotatable bonds is 3. The second kappa shape index (κ2) is 5.86. The zero-order valence-corrected chi connectivity index (χ0v) is 12.0. The fraction of sp³-hybridized carbons (Fsp3) is 0.917. The highest BCUT2D eigenvalue weighted by atomic mass is 19.4. The predicted octanol–water partition coefficient (Wildman–Crippen LogP) is 3.00. The Hall–Kier alpha value is -1.06. The third-order valence-electron chi connectivity index (χ3n) is 3.95. The molecule has 1 fully saturated rings. The van der Waals surface area contributed by atoms with Crippen molar-refractivity contribution < 1.29 is 40.3 Å². The Bertz CT molecular complexity index is 407. The number of ether oxygens (including phenoxy) is 1. The van der Waals surface area contributed by atoms with E-state index in [9.17, 15) is 35.5 Å². The molecule has 0 radical (unpaired) electrons. The van der Waals surface area contributed by atoms with Crippen molar-refractivity contribution in [1.82, 2.24) is 5.32 Å². The smallest absolute Gasteiger partial charge is 0.374 e. The average molecular weight is 339 g/mol. The molecule has 0 aromatic carbocycles. The fourth-order valence-corrected chi connectivity index (χ4v) is 2.41. The van der Waals surface area contributed by atoms with E-state index >= 15 is 0 Å². The van der Waals surface area contributed by atoms with Gasteiger partial charge >= 0.3 is 18.0 Å². The van der Waals surface area contributed by atoms with Gasteiger partial charge in [-0.3, -0.25) is 4.79 Å². The van der Waals surface area contributed by atoms with Crippen LogP contribution in [0.5, 0.6) is 0 Å². The molecule has 10 heteroatoms. The quantitative estimate of drug-likeness (QED) is 0.803. The molecular formula is C12H16F7NO2. The number of carbonyl (C=O) groups is 1. The minimum Gasteiger partial charge on any atom is -0.374 e. The summed E-state index contributed by atoms with van der Waals surface area (Å²) in [6.07, 6.45) is -13.4. The monoisotopic (exact) mass is 339 g/mol. The van der Waals surface area contributed by atoms with Gasteiger partial charge in [-0.25, -0.2) is 4.39 Å². The Morgan fingerprint density at radius 3 is 1.73 bits per heavy atom. The SMILES string of the molecule is CC1OC(C)C(C(=O)NCC(F)(C(F)(F)F)C(F)(F)F)C1C. The molecule has 1 amide bonds. The summed E-state index contributed by atoms with van der Waals surface area (Å²) < 4.78 is 92.9. The van der Waals surface area contributed by atoms with Crippen molar-refractivity contribution in [2.24, 2.45) is 11.8 Å². The van der Waals surface area contributed by atoms with E-state index in [2.05, 4.69) is 0 Å². The molecule has 0 saturated carbocycles. The first-order chi connectivity index (χ1) is 9.72. The minimum atomic E-state index is -6.19. The van der Waals surface area contributed by atoms with Gasteiger partial charge in [-0.2, -0.15) is 26.3 Å². The van der Waals surface area contributed by atoms with E-state index in [0.29, 0.717) is 0 Å². The van der Waals surface area contributed by atoms with E-state index in [0.717, 1.165) is 0 Å². The maximum Gasteiger partial charge on any atom is 0.433 e. The molecule has 0 aromatic rings. The van der Waals surface area contributed by atoms with E-state index < -0.39 is 48.4 Å². The van der Waals surface area contributed by atoms with Crippen molar-refractivity contribution in [2.75, 3.05) is 6.54 Å². The molecule has 1 rings (SSSR count). The van der Waals surface area contributed by atoms with Crippen LogP contribution in [0.1, 0.15) is 20.8 Å². The molecule has 130 valence electrons. The summed E-state index contributed by atoms with van der Waals surface area (Å²) in [5.41, 5.74) is -5.49. The number of amides is 1.